The molecule has 1 aliphatic heterocycles. The molecule has 4 aromatic rings. The van der Waals surface area contributed by atoms with Gasteiger partial charge in [-0.15, -0.1) is 10.2 Å². The number of carbonyl (C=O) groups excluding carboxylic acids is 1. The van der Waals surface area contributed by atoms with Crippen LogP contribution < -0.4 is 14.8 Å². The van der Waals surface area contributed by atoms with Crippen molar-refractivity contribution in [1.82, 2.24) is 15.2 Å². The lowest BCUT2D eigenvalue weighted by Gasteiger charge is -2.09. The lowest BCUT2D eigenvalue weighted by molar-refractivity contribution is -0.115. The van der Waals surface area contributed by atoms with Crippen molar-refractivity contribution < 1.29 is 14.3 Å². The molecule has 0 atom stereocenters. The van der Waals surface area contributed by atoms with Gasteiger partial charge in [0.15, 0.2) is 11.5 Å². The van der Waals surface area contributed by atoms with Gasteiger partial charge in [-0.05, 0) is 12.1 Å². The van der Waals surface area contributed by atoms with E-state index in [9.17, 15) is 4.79 Å². The number of hydrogen-bond donors (Lipinski definition) is 1. The van der Waals surface area contributed by atoms with Gasteiger partial charge in [0.25, 0.3) is 0 Å². The number of thioether (sulfide) groups is 1. The summed E-state index contributed by atoms with van der Waals surface area (Å²) >= 11 is 1.40. The van der Waals surface area contributed by atoms with Crippen molar-refractivity contribution in [2.75, 3.05) is 17.9 Å². The molecule has 3 aromatic carbocycles. The van der Waals surface area contributed by atoms with Gasteiger partial charge in [0, 0.05) is 35.1 Å². The van der Waals surface area contributed by atoms with Crippen molar-refractivity contribution in [3.63, 3.8) is 0 Å². The van der Waals surface area contributed by atoms with Crippen molar-refractivity contribution in [3.05, 3.63) is 78.9 Å². The Balaban J connectivity index is 1.26. The van der Waals surface area contributed by atoms with Crippen LogP contribution in [0.15, 0.2) is 84.0 Å². The zero-order valence-corrected chi connectivity index (χ0v) is 18.4. The number of nitrogens with zero attached hydrogens (tertiary/aromatic N) is 3. The van der Waals surface area contributed by atoms with E-state index in [0.29, 0.717) is 34.5 Å². The molecule has 0 radical (unpaired) electrons. The molecule has 33 heavy (non-hydrogen) atoms. The van der Waals surface area contributed by atoms with E-state index in [2.05, 4.69) is 15.5 Å². The molecule has 1 N–H and O–H groups in total. The molecule has 0 fully saturated rings. The third kappa shape index (κ3) is 4.96. The lowest BCUT2D eigenvalue weighted by atomic mass is 10.0. The molecule has 0 aliphatic carbocycles. The summed E-state index contributed by atoms with van der Waals surface area (Å²) in [4.78, 5) is 17.1. The van der Waals surface area contributed by atoms with Crippen LogP contribution in [-0.2, 0) is 4.79 Å². The number of anilines is 1. The number of hydrogen-bond acceptors (Lipinski definition) is 7. The smallest absolute Gasteiger partial charge is 0.231 e. The second-order valence-corrected chi connectivity index (χ2v) is 8.30. The molecule has 1 amide bonds. The van der Waals surface area contributed by atoms with E-state index in [1.165, 1.54) is 11.8 Å². The summed E-state index contributed by atoms with van der Waals surface area (Å²) in [5.74, 6) is 1.74. The Morgan fingerprint density at radius 3 is 2.30 bits per heavy atom. The average molecular weight is 457 g/mol. The first-order valence-electron chi connectivity index (χ1n) is 10.4. The molecule has 8 heteroatoms. The van der Waals surface area contributed by atoms with Crippen LogP contribution in [0, 0.1) is 0 Å². The van der Waals surface area contributed by atoms with E-state index in [4.69, 9.17) is 14.5 Å². The molecular weight excluding hydrogens is 436 g/mol. The number of ether oxygens (including phenoxy) is 2. The first-order valence-corrected chi connectivity index (χ1v) is 11.4. The zero-order chi connectivity index (χ0) is 22.5. The minimum Gasteiger partial charge on any atom is -0.454 e. The number of carbonyl (C=O) groups is 1. The van der Waals surface area contributed by atoms with Crippen LogP contribution in [0.5, 0.6) is 11.5 Å². The van der Waals surface area contributed by atoms with Crippen molar-refractivity contribution in [2.45, 2.75) is 11.6 Å². The van der Waals surface area contributed by atoms with Crippen molar-refractivity contribution in [1.29, 1.82) is 0 Å². The number of aromatic nitrogens is 3. The lowest BCUT2D eigenvalue weighted by Crippen LogP contribution is -2.12. The van der Waals surface area contributed by atoms with Crippen LogP contribution in [0.4, 0.5) is 5.69 Å². The Kier molecular flexibility index (Phi) is 6.16. The zero-order valence-electron chi connectivity index (χ0n) is 17.6. The highest BCUT2D eigenvalue weighted by atomic mass is 32.2. The Hall–Kier alpha value is -3.91. The van der Waals surface area contributed by atoms with E-state index in [1.807, 2.05) is 60.7 Å². The molecule has 2 heterocycles. The maximum atomic E-state index is 12.4. The van der Waals surface area contributed by atoms with Crippen molar-refractivity contribution in [3.8, 4) is 34.0 Å². The topological polar surface area (TPSA) is 86.2 Å². The first kappa shape index (κ1) is 21.0. The fourth-order valence-electron chi connectivity index (χ4n) is 3.39. The Labute approximate surface area is 195 Å². The fourth-order valence-corrected chi connectivity index (χ4v) is 4.12. The van der Waals surface area contributed by atoms with Gasteiger partial charge in [-0.25, -0.2) is 4.98 Å². The number of nitrogens with one attached hydrogen (secondary N) is 1. The number of amides is 1. The predicted molar refractivity (Wildman–Crippen MR) is 127 cm³/mol. The minimum atomic E-state index is -0.0986. The van der Waals surface area contributed by atoms with Crippen LogP contribution in [0.2, 0.25) is 0 Å². The molecule has 7 nitrogen and oxygen atoms in total. The van der Waals surface area contributed by atoms with Gasteiger partial charge < -0.3 is 14.8 Å². The van der Waals surface area contributed by atoms with Crippen LogP contribution in [-0.4, -0.2) is 33.6 Å². The first-order chi connectivity index (χ1) is 16.3. The molecule has 164 valence electrons. The van der Waals surface area contributed by atoms with Crippen LogP contribution in [0.1, 0.15) is 6.42 Å². The molecule has 1 aliphatic rings. The molecular formula is C25H20N4O3S. The molecule has 0 bridgehead atoms. The maximum absolute atomic E-state index is 12.4. The van der Waals surface area contributed by atoms with Gasteiger partial charge in [0.2, 0.25) is 17.9 Å². The highest BCUT2D eigenvalue weighted by Gasteiger charge is 2.16. The quantitative estimate of drug-likeness (QED) is 0.389. The normalized spacial score (nSPS) is 11.9. The third-order valence-electron chi connectivity index (χ3n) is 4.98. The highest BCUT2D eigenvalue weighted by Crippen LogP contribution is 2.34. The van der Waals surface area contributed by atoms with Gasteiger partial charge >= 0.3 is 0 Å². The van der Waals surface area contributed by atoms with E-state index in [-0.39, 0.29) is 12.7 Å². The molecule has 0 spiro atoms. The molecule has 1 aromatic heterocycles. The second kappa shape index (κ2) is 9.70. The number of fused-ring (bicyclic) bond motifs is 1. The summed E-state index contributed by atoms with van der Waals surface area (Å²) in [5.41, 5.74) is 4.09. The van der Waals surface area contributed by atoms with E-state index < -0.39 is 0 Å². The standard InChI is InChI=1S/C25H20N4O3S/c30-22(26-19-11-12-20-21(15-19)32-16-31-20)13-14-33-25-27-23(17-7-3-1-4-8-17)24(28-29-25)18-9-5-2-6-10-18/h1-12,15H,13-14,16H2,(H,26,30). The molecule has 0 saturated carbocycles. The van der Waals surface area contributed by atoms with Gasteiger partial charge in [-0.2, -0.15) is 0 Å². The van der Waals surface area contributed by atoms with Crippen LogP contribution in [0.3, 0.4) is 0 Å². The molecule has 0 unspecified atom stereocenters. The molecule has 0 saturated heterocycles. The monoisotopic (exact) mass is 456 g/mol. The summed E-state index contributed by atoms with van der Waals surface area (Å²) < 4.78 is 10.6. The van der Waals surface area contributed by atoms with E-state index in [1.54, 1.807) is 18.2 Å². The number of rotatable bonds is 7. The highest BCUT2D eigenvalue weighted by molar-refractivity contribution is 7.99. The third-order valence-corrected chi connectivity index (χ3v) is 5.82. The minimum absolute atomic E-state index is 0.0986. The predicted octanol–water partition coefficient (Wildman–Crippen LogP) is 5.06. The summed E-state index contributed by atoms with van der Waals surface area (Å²) in [5, 5.41) is 12.2. The van der Waals surface area contributed by atoms with Gasteiger partial charge in [0.1, 0.15) is 11.4 Å². The summed E-state index contributed by atoms with van der Waals surface area (Å²) in [6, 6.07) is 25.1. The van der Waals surface area contributed by atoms with E-state index >= 15 is 0 Å². The largest absolute Gasteiger partial charge is 0.454 e. The summed E-state index contributed by atoms with van der Waals surface area (Å²) in [6.07, 6.45) is 0.309. The second-order valence-electron chi connectivity index (χ2n) is 7.24. The van der Waals surface area contributed by atoms with Crippen LogP contribution >= 0.6 is 11.8 Å². The van der Waals surface area contributed by atoms with Crippen molar-refractivity contribution >= 4 is 23.4 Å². The van der Waals surface area contributed by atoms with Crippen molar-refractivity contribution in [2.24, 2.45) is 0 Å². The Morgan fingerprint density at radius 1 is 0.848 bits per heavy atom. The Morgan fingerprint density at radius 2 is 1.55 bits per heavy atom. The Bertz CT molecular complexity index is 1270. The fraction of sp³-hybridized carbons (Fsp3) is 0.120. The van der Waals surface area contributed by atoms with E-state index in [0.717, 1.165) is 22.5 Å². The molecule has 5 rings (SSSR count). The van der Waals surface area contributed by atoms with Crippen LogP contribution in [0.25, 0.3) is 22.5 Å². The maximum Gasteiger partial charge on any atom is 0.231 e. The average Bonchev–Trinajstić information content (AvgIpc) is 3.33. The number of benzene rings is 3. The van der Waals surface area contributed by atoms with Gasteiger partial charge in [-0.3, -0.25) is 4.79 Å². The summed E-state index contributed by atoms with van der Waals surface area (Å²) in [6.45, 7) is 0.200. The summed E-state index contributed by atoms with van der Waals surface area (Å²) in [7, 11) is 0. The van der Waals surface area contributed by atoms with Gasteiger partial charge in [-0.1, -0.05) is 72.4 Å². The van der Waals surface area contributed by atoms with Gasteiger partial charge in [0.05, 0.1) is 0 Å². The SMILES string of the molecule is O=C(CCSc1nnc(-c2ccccc2)c(-c2ccccc2)n1)Nc1ccc2c(c1)OCO2.